The van der Waals surface area contributed by atoms with E-state index in [1.54, 1.807) is 0 Å². The second kappa shape index (κ2) is 11.9. The summed E-state index contributed by atoms with van der Waals surface area (Å²) in [4.78, 5) is 2.65. The second-order valence-corrected chi connectivity index (χ2v) is 17.2. The van der Waals surface area contributed by atoms with Crippen molar-refractivity contribution in [1.29, 1.82) is 0 Å². The quantitative estimate of drug-likeness (QED) is 0.171. The highest BCUT2D eigenvalue weighted by Crippen LogP contribution is 2.57. The van der Waals surface area contributed by atoms with Crippen LogP contribution in [0.5, 0.6) is 0 Å². The number of hydrogen-bond donors (Lipinski definition) is 0. The van der Waals surface area contributed by atoms with Gasteiger partial charge in [0.15, 0.2) is 0 Å². The number of benzene rings is 7. The minimum absolute atomic E-state index is 0.0430. The first-order valence-electron chi connectivity index (χ1n) is 20.2. The van der Waals surface area contributed by atoms with Gasteiger partial charge in [0, 0.05) is 22.2 Å². The number of hydrogen-bond acceptors (Lipinski definition) is 1. The zero-order valence-corrected chi connectivity index (χ0v) is 32.6. The molecule has 11 rings (SSSR count). The van der Waals surface area contributed by atoms with Crippen LogP contribution in [0.1, 0.15) is 78.6 Å². The van der Waals surface area contributed by atoms with Gasteiger partial charge in [0.2, 0.25) is 0 Å². The van der Waals surface area contributed by atoms with E-state index in [4.69, 9.17) is 0 Å². The Morgan fingerprint density at radius 2 is 0.946 bits per heavy atom. The van der Waals surface area contributed by atoms with Crippen molar-refractivity contribution in [2.75, 3.05) is 4.90 Å². The Labute approximate surface area is 331 Å². The average Bonchev–Trinajstić information content (AvgIpc) is 3.76. The van der Waals surface area contributed by atoms with Crippen molar-refractivity contribution in [2.45, 2.75) is 56.4 Å². The first kappa shape index (κ1) is 33.2. The molecular weight excluding hydrogens is 675 g/mol. The maximum atomic E-state index is 2.65. The number of nitrogens with zero attached hydrogens (tertiary/aromatic N) is 1. The van der Waals surface area contributed by atoms with E-state index < -0.39 is 5.41 Å². The fourth-order valence-electron chi connectivity index (χ4n) is 11.1. The van der Waals surface area contributed by atoms with Crippen LogP contribution in [-0.4, -0.2) is 6.04 Å². The summed E-state index contributed by atoms with van der Waals surface area (Å²) in [6.07, 6.45) is 5.86. The fraction of sp³-hybridized carbons (Fsp3) is 0.164. The van der Waals surface area contributed by atoms with Gasteiger partial charge in [-0.1, -0.05) is 185 Å². The molecule has 7 aromatic rings. The molecule has 0 amide bonds. The minimum atomic E-state index is -0.467. The van der Waals surface area contributed by atoms with Crippen molar-refractivity contribution in [1.82, 2.24) is 0 Å². The van der Waals surface area contributed by atoms with Crippen molar-refractivity contribution in [3.8, 4) is 22.3 Å². The molecule has 0 saturated heterocycles. The maximum Gasteiger partial charge on any atom is 0.0714 e. The molecule has 0 N–H and O–H groups in total. The third-order valence-corrected chi connectivity index (χ3v) is 13.8. The van der Waals surface area contributed by atoms with Gasteiger partial charge in [-0.05, 0) is 109 Å². The van der Waals surface area contributed by atoms with E-state index in [1.165, 1.54) is 89.3 Å². The highest BCUT2D eigenvalue weighted by atomic mass is 15.2. The van der Waals surface area contributed by atoms with E-state index in [-0.39, 0.29) is 16.9 Å². The van der Waals surface area contributed by atoms with Gasteiger partial charge in [-0.2, -0.15) is 0 Å². The molecule has 1 unspecified atom stereocenters. The van der Waals surface area contributed by atoms with Crippen molar-refractivity contribution in [3.05, 3.63) is 232 Å². The van der Waals surface area contributed by atoms with E-state index >= 15 is 0 Å². The third kappa shape index (κ3) is 4.43. The molecular formula is C55H45N. The van der Waals surface area contributed by atoms with Crippen LogP contribution in [0.15, 0.2) is 188 Å². The fourth-order valence-corrected chi connectivity index (χ4v) is 11.1. The lowest BCUT2D eigenvalue weighted by molar-refractivity contribution is 0.584. The van der Waals surface area contributed by atoms with Crippen LogP contribution in [-0.2, 0) is 16.2 Å². The monoisotopic (exact) mass is 719 g/mol. The zero-order valence-electron chi connectivity index (χ0n) is 32.6. The first-order valence-corrected chi connectivity index (χ1v) is 20.2. The lowest BCUT2D eigenvalue weighted by Crippen LogP contribution is -2.34. The van der Waals surface area contributed by atoms with E-state index in [0.717, 1.165) is 6.42 Å². The van der Waals surface area contributed by atoms with Gasteiger partial charge in [-0.25, -0.2) is 0 Å². The maximum absolute atomic E-state index is 2.65. The lowest BCUT2D eigenvalue weighted by atomic mass is 9.67. The minimum Gasteiger partial charge on any atom is -0.334 e. The normalized spacial score (nSPS) is 18.4. The highest BCUT2D eigenvalue weighted by molar-refractivity contribution is 5.90. The van der Waals surface area contributed by atoms with Crippen LogP contribution in [0.4, 0.5) is 11.4 Å². The summed E-state index contributed by atoms with van der Waals surface area (Å²) in [7, 11) is 0. The molecule has 0 bridgehead atoms. The second-order valence-electron chi connectivity index (χ2n) is 17.2. The molecule has 0 radical (unpaired) electrons. The van der Waals surface area contributed by atoms with E-state index in [1.807, 2.05) is 0 Å². The van der Waals surface area contributed by atoms with Gasteiger partial charge in [0.1, 0.15) is 0 Å². The smallest absolute Gasteiger partial charge is 0.0714 e. The molecule has 56 heavy (non-hydrogen) atoms. The largest absolute Gasteiger partial charge is 0.334 e. The molecule has 0 heterocycles. The van der Waals surface area contributed by atoms with E-state index in [2.05, 4.69) is 215 Å². The average molecular weight is 720 g/mol. The SMILES string of the molecule is CC1(C)C2=C(C=CC(N(c3cccc(C4(c5ccccc5)c5ccccc5-c5ccccc54)c3)c3ccc4c(c3)C(C)(C)c3ccccc3-4)C2)c2ccccc21. The van der Waals surface area contributed by atoms with E-state index in [0.29, 0.717) is 0 Å². The molecule has 1 nitrogen and oxygen atoms in total. The van der Waals surface area contributed by atoms with Crippen LogP contribution < -0.4 is 4.90 Å². The molecule has 0 aromatic heterocycles. The molecule has 0 fully saturated rings. The van der Waals surface area contributed by atoms with Gasteiger partial charge in [0.25, 0.3) is 0 Å². The van der Waals surface area contributed by atoms with Crippen LogP contribution >= 0.6 is 0 Å². The summed E-state index contributed by atoms with van der Waals surface area (Å²) in [5.74, 6) is 0. The Morgan fingerprint density at radius 3 is 1.62 bits per heavy atom. The van der Waals surface area contributed by atoms with Gasteiger partial charge in [0.05, 0.1) is 11.5 Å². The Bertz CT molecular complexity index is 2750. The van der Waals surface area contributed by atoms with Crippen molar-refractivity contribution in [3.63, 3.8) is 0 Å². The van der Waals surface area contributed by atoms with Gasteiger partial charge >= 0.3 is 0 Å². The Hall–Kier alpha value is -6.18. The van der Waals surface area contributed by atoms with Crippen molar-refractivity contribution < 1.29 is 0 Å². The molecule has 1 heteroatoms. The molecule has 0 saturated carbocycles. The topological polar surface area (TPSA) is 3.24 Å². The molecule has 270 valence electrons. The van der Waals surface area contributed by atoms with Crippen LogP contribution in [0.25, 0.3) is 27.8 Å². The molecule has 7 aromatic carbocycles. The summed E-state index contributed by atoms with van der Waals surface area (Å²) in [5, 5.41) is 0. The van der Waals surface area contributed by atoms with E-state index in [9.17, 15) is 0 Å². The first-order chi connectivity index (χ1) is 27.3. The molecule has 0 spiro atoms. The Morgan fingerprint density at radius 1 is 0.429 bits per heavy atom. The molecule has 4 aliphatic carbocycles. The summed E-state index contributed by atoms with van der Waals surface area (Å²) >= 11 is 0. The molecule has 0 aliphatic heterocycles. The predicted molar refractivity (Wildman–Crippen MR) is 234 cm³/mol. The van der Waals surface area contributed by atoms with Gasteiger partial charge < -0.3 is 4.90 Å². The predicted octanol–water partition coefficient (Wildman–Crippen LogP) is 13.6. The van der Waals surface area contributed by atoms with Crippen molar-refractivity contribution in [2.24, 2.45) is 0 Å². The summed E-state index contributed by atoms with van der Waals surface area (Å²) in [6, 6.07) is 64.2. The van der Waals surface area contributed by atoms with Crippen LogP contribution in [0.3, 0.4) is 0 Å². The number of fused-ring (bicyclic) bond motifs is 8. The van der Waals surface area contributed by atoms with Crippen LogP contribution in [0.2, 0.25) is 0 Å². The molecule has 1 atom stereocenters. The zero-order chi connectivity index (χ0) is 37.8. The Kier molecular flexibility index (Phi) is 7.06. The standard InChI is InChI=1S/C55H45N/c1-53(2)47-25-12-8-21-41(47)45-31-29-39(34-51(45)53)56(40-30-32-46-42-22-9-13-26-48(42)54(3,4)52(46)35-40)38-20-16-19-37(33-38)55(36-17-6-5-7-18-36)49-27-14-10-23-43(49)44-24-11-15-28-50(44)55/h5-34,40H,35H2,1-4H3. The lowest BCUT2D eigenvalue weighted by Gasteiger charge is -2.39. The Balaban J connectivity index is 1.12. The third-order valence-electron chi connectivity index (χ3n) is 13.8. The highest BCUT2D eigenvalue weighted by Gasteiger charge is 2.47. The number of allylic oxidation sites excluding steroid dienone is 2. The summed E-state index contributed by atoms with van der Waals surface area (Å²) < 4.78 is 0. The summed E-state index contributed by atoms with van der Waals surface area (Å²) in [5.41, 5.74) is 21.0. The number of anilines is 2. The van der Waals surface area contributed by atoms with Crippen LogP contribution in [0, 0.1) is 0 Å². The summed E-state index contributed by atoms with van der Waals surface area (Å²) in [6.45, 7) is 9.62. The van der Waals surface area contributed by atoms with Gasteiger partial charge in [-0.15, -0.1) is 0 Å². The number of rotatable bonds is 5. The van der Waals surface area contributed by atoms with Crippen molar-refractivity contribution >= 4 is 16.9 Å². The van der Waals surface area contributed by atoms with Gasteiger partial charge in [-0.3, -0.25) is 0 Å². The molecule has 4 aliphatic rings.